The monoisotopic (exact) mass is 495 g/mol. The largest absolute Gasteiger partial charge is 0.487 e. The summed E-state index contributed by atoms with van der Waals surface area (Å²) in [6, 6.07) is 10.0. The van der Waals surface area contributed by atoms with Gasteiger partial charge in [0.2, 0.25) is 5.91 Å². The number of ether oxygens (including phenoxy) is 1. The van der Waals surface area contributed by atoms with E-state index in [-0.39, 0.29) is 17.5 Å². The quantitative estimate of drug-likeness (QED) is 0.251. The van der Waals surface area contributed by atoms with Crippen LogP contribution in [0.15, 0.2) is 41.4 Å². The lowest BCUT2D eigenvalue weighted by Gasteiger charge is -2.30. The van der Waals surface area contributed by atoms with Crippen LogP contribution in [0.4, 0.5) is 4.39 Å². The van der Waals surface area contributed by atoms with Crippen molar-refractivity contribution in [3.05, 3.63) is 69.6 Å². The van der Waals surface area contributed by atoms with Gasteiger partial charge in [0.25, 0.3) is 0 Å². The number of amidine groups is 1. The number of nitrogens with one attached hydrogen (secondary N) is 3. The molecular weight excluding hydrogens is 468 g/mol. The van der Waals surface area contributed by atoms with Crippen molar-refractivity contribution in [2.75, 3.05) is 7.05 Å². The molecule has 0 saturated carbocycles. The number of hydrogen-bond donors (Lipinski definition) is 3. The molecule has 0 spiro atoms. The zero-order valence-electron chi connectivity index (χ0n) is 20.4. The first-order valence-corrected chi connectivity index (χ1v) is 11.6. The summed E-state index contributed by atoms with van der Waals surface area (Å²) in [5.74, 6) is 0.393. The summed E-state index contributed by atoms with van der Waals surface area (Å²) in [5.41, 5.74) is 2.39. The fraction of sp³-hybridized carbons (Fsp3) is 0.280. The maximum absolute atomic E-state index is 14.3. The summed E-state index contributed by atoms with van der Waals surface area (Å²) in [7, 11) is 3.54. The number of aryl methyl sites for hydroxylation is 1. The number of pyridine rings is 1. The molecule has 3 N–H and O–H groups in total. The minimum atomic E-state index is -0.872. The van der Waals surface area contributed by atoms with Crippen LogP contribution in [0.1, 0.15) is 42.7 Å². The smallest absolute Gasteiger partial charge is 0.219 e. The number of nitrogens with zero attached hydrogens (tertiary/aromatic N) is 2. The van der Waals surface area contributed by atoms with Crippen molar-refractivity contribution in [3.63, 3.8) is 0 Å². The van der Waals surface area contributed by atoms with E-state index in [1.807, 2.05) is 25.1 Å². The van der Waals surface area contributed by atoms with Gasteiger partial charge in [-0.25, -0.2) is 14.4 Å². The fourth-order valence-electron chi connectivity index (χ4n) is 3.96. The number of hydrogen-bond acceptors (Lipinski definition) is 4. The second kappa shape index (κ2) is 10.9. The summed E-state index contributed by atoms with van der Waals surface area (Å²) in [5, 5.41) is 14.3. The molecule has 0 saturated heterocycles. The van der Waals surface area contributed by atoms with Crippen molar-refractivity contribution >= 4 is 48.4 Å². The lowest BCUT2D eigenvalue weighted by molar-refractivity contribution is -0.121. The maximum Gasteiger partial charge on any atom is 0.219 e. The van der Waals surface area contributed by atoms with E-state index in [9.17, 15) is 9.18 Å². The number of aromatic nitrogens is 1. The van der Waals surface area contributed by atoms with Gasteiger partial charge in [-0.05, 0) is 43.7 Å². The minimum Gasteiger partial charge on any atom is -0.487 e. The van der Waals surface area contributed by atoms with E-state index in [0.29, 0.717) is 34.6 Å². The van der Waals surface area contributed by atoms with Gasteiger partial charge in [0, 0.05) is 41.1 Å². The van der Waals surface area contributed by atoms with Crippen molar-refractivity contribution < 1.29 is 13.9 Å². The normalized spacial score (nSPS) is 13.3. The summed E-state index contributed by atoms with van der Waals surface area (Å²) >= 11 is 6.45. The number of benzene rings is 2. The fourth-order valence-corrected chi connectivity index (χ4v) is 4.22. The molecule has 35 heavy (non-hydrogen) atoms. The number of carbonyl (C=O) groups is 1. The van der Waals surface area contributed by atoms with Crippen molar-refractivity contribution in [1.82, 2.24) is 15.6 Å². The Labute approximate surface area is 210 Å². The van der Waals surface area contributed by atoms with Crippen LogP contribution >= 0.6 is 11.6 Å². The Morgan fingerprint density at radius 1 is 1.37 bits per heavy atom. The van der Waals surface area contributed by atoms with E-state index < -0.39 is 11.3 Å². The summed E-state index contributed by atoms with van der Waals surface area (Å²) < 4.78 is 20.5. The third-order valence-electron chi connectivity index (χ3n) is 5.59. The van der Waals surface area contributed by atoms with E-state index >= 15 is 0 Å². The van der Waals surface area contributed by atoms with Crippen molar-refractivity contribution in [1.29, 1.82) is 5.41 Å². The molecule has 0 aliphatic rings. The highest BCUT2D eigenvalue weighted by atomic mass is 35.5. The standard InChI is InChI=1S/C25H28BClFN5O2/c1-5-22(34)33-25(3,26)19-10-15(28)11-20(27)18(19)12-35-21-8-6-7-16-17(24(30-4)31-13-29)9-14(2)32-23(16)21/h6-11,13H,5,12,26H2,1-4H3,(H,33,34)(H2,29,30,31)/t25-/m0/s1. The number of amides is 1. The van der Waals surface area contributed by atoms with Crippen LogP contribution in [0.3, 0.4) is 0 Å². The molecule has 182 valence electrons. The molecule has 0 radical (unpaired) electrons. The van der Waals surface area contributed by atoms with Crippen LogP contribution in [0.25, 0.3) is 10.9 Å². The zero-order chi connectivity index (χ0) is 25.8. The second-order valence-electron chi connectivity index (χ2n) is 8.55. The SMILES string of the molecule is B[C@@](C)(NC(=O)CC)c1cc(F)cc(Cl)c1COc1cccc2c(/C(=N/C=N)NC)cc(C)nc12. The molecule has 10 heteroatoms. The van der Waals surface area contributed by atoms with E-state index in [1.54, 1.807) is 34.8 Å². The Hall–Kier alpha value is -3.46. The van der Waals surface area contributed by atoms with Gasteiger partial charge in [0.1, 0.15) is 43.7 Å². The molecule has 1 atom stereocenters. The third kappa shape index (κ3) is 5.79. The molecule has 3 rings (SSSR count). The molecule has 3 aromatic rings. The molecular formula is C25H28BClFN5O2. The number of aliphatic imine (C=N–C) groups is 1. The van der Waals surface area contributed by atoms with Crippen molar-refractivity contribution in [2.24, 2.45) is 4.99 Å². The van der Waals surface area contributed by atoms with Crippen LogP contribution in [-0.2, 0) is 16.8 Å². The highest BCUT2D eigenvalue weighted by Gasteiger charge is 2.27. The van der Waals surface area contributed by atoms with Crippen molar-refractivity contribution in [3.8, 4) is 5.75 Å². The van der Waals surface area contributed by atoms with Crippen LogP contribution < -0.4 is 15.4 Å². The number of halogens is 2. The average molecular weight is 496 g/mol. The summed E-state index contributed by atoms with van der Waals surface area (Å²) in [6.45, 7) is 5.46. The molecule has 0 fully saturated rings. The van der Waals surface area contributed by atoms with Crippen LogP contribution in [0.2, 0.25) is 5.02 Å². The molecule has 1 aromatic heterocycles. The van der Waals surface area contributed by atoms with Gasteiger partial charge in [-0.15, -0.1) is 0 Å². The molecule has 1 amide bonds. The van der Waals surface area contributed by atoms with Gasteiger partial charge < -0.3 is 15.4 Å². The van der Waals surface area contributed by atoms with Gasteiger partial charge in [-0.3, -0.25) is 10.2 Å². The first-order chi connectivity index (χ1) is 16.6. The predicted octanol–water partition coefficient (Wildman–Crippen LogP) is 3.82. The predicted molar refractivity (Wildman–Crippen MR) is 141 cm³/mol. The van der Waals surface area contributed by atoms with E-state index in [2.05, 4.69) is 20.6 Å². The lowest BCUT2D eigenvalue weighted by atomic mass is 9.72. The number of carbonyl (C=O) groups excluding carboxylic acids is 1. The van der Waals surface area contributed by atoms with Gasteiger partial charge >= 0.3 is 0 Å². The van der Waals surface area contributed by atoms with E-state index in [4.69, 9.17) is 21.7 Å². The minimum absolute atomic E-state index is 0.0391. The van der Waals surface area contributed by atoms with E-state index in [1.165, 1.54) is 12.1 Å². The Kier molecular flexibility index (Phi) is 8.12. The van der Waals surface area contributed by atoms with Crippen LogP contribution in [-0.4, -0.2) is 38.0 Å². The highest BCUT2D eigenvalue weighted by Crippen LogP contribution is 2.32. The summed E-state index contributed by atoms with van der Waals surface area (Å²) in [4.78, 5) is 20.9. The first-order valence-electron chi connectivity index (χ1n) is 11.2. The van der Waals surface area contributed by atoms with Gasteiger partial charge in [0.05, 0.1) is 5.02 Å². The lowest BCUT2D eigenvalue weighted by Crippen LogP contribution is -2.44. The molecule has 2 aromatic carbocycles. The van der Waals surface area contributed by atoms with Gasteiger partial charge in [0.15, 0.2) is 0 Å². The van der Waals surface area contributed by atoms with Crippen LogP contribution in [0.5, 0.6) is 5.75 Å². The number of rotatable bonds is 8. The number of fused-ring (bicyclic) bond motifs is 1. The molecule has 1 heterocycles. The van der Waals surface area contributed by atoms with Gasteiger partial charge in [-0.2, -0.15) is 0 Å². The van der Waals surface area contributed by atoms with E-state index in [0.717, 1.165) is 23.0 Å². The number of para-hydroxylation sites is 1. The Balaban J connectivity index is 2.06. The molecule has 7 nitrogen and oxygen atoms in total. The molecule has 0 aliphatic heterocycles. The molecule has 0 unspecified atom stereocenters. The summed E-state index contributed by atoms with van der Waals surface area (Å²) in [6.07, 6.45) is 1.28. The molecule has 0 bridgehead atoms. The highest BCUT2D eigenvalue weighted by molar-refractivity contribution is 6.31. The topological polar surface area (TPSA) is 99.5 Å². The first kappa shape index (κ1) is 26.2. The van der Waals surface area contributed by atoms with Crippen molar-refractivity contribution in [2.45, 2.75) is 39.2 Å². The third-order valence-corrected chi connectivity index (χ3v) is 5.93. The Bertz CT molecular complexity index is 1310. The average Bonchev–Trinajstić information content (AvgIpc) is 2.80. The van der Waals surface area contributed by atoms with Gasteiger partial charge in [-0.1, -0.05) is 30.7 Å². The van der Waals surface area contributed by atoms with Crippen LogP contribution in [0, 0.1) is 18.2 Å². The second-order valence-corrected chi connectivity index (χ2v) is 8.96. The Morgan fingerprint density at radius 3 is 2.77 bits per heavy atom. The Morgan fingerprint density at radius 2 is 2.11 bits per heavy atom. The maximum atomic E-state index is 14.3. The zero-order valence-corrected chi connectivity index (χ0v) is 21.2. The molecule has 0 aliphatic carbocycles.